The lowest BCUT2D eigenvalue weighted by Gasteiger charge is -2.36. The molecule has 0 aromatic heterocycles. The molecule has 1 saturated heterocycles. The zero-order valence-corrected chi connectivity index (χ0v) is 17.9. The van der Waals surface area contributed by atoms with Crippen LogP contribution >= 0.6 is 0 Å². The topological polar surface area (TPSA) is 57.7 Å². The smallest absolute Gasteiger partial charge is 0.233 e. The lowest BCUT2D eigenvalue weighted by molar-refractivity contribution is -0.135. The molecular weight excluding hydrogens is 384 g/mol. The van der Waals surface area contributed by atoms with Gasteiger partial charge in [0.15, 0.2) is 0 Å². The molecule has 0 spiro atoms. The van der Waals surface area contributed by atoms with Crippen LogP contribution in [0.15, 0.2) is 48.5 Å². The molecule has 2 aromatic carbocycles. The number of rotatable bonds is 5. The van der Waals surface area contributed by atoms with Gasteiger partial charge in [0.25, 0.3) is 0 Å². The van der Waals surface area contributed by atoms with Crippen LogP contribution in [0.2, 0.25) is 0 Å². The molecule has 4 rings (SSSR count). The highest BCUT2D eigenvalue weighted by Crippen LogP contribution is 2.50. The zero-order chi connectivity index (χ0) is 20.6. The molecule has 154 valence electrons. The number of piperazine rings is 1. The largest absolute Gasteiger partial charge is 0.339 e. The maximum absolute atomic E-state index is 13.3. The Morgan fingerprint density at radius 2 is 1.52 bits per heavy atom. The predicted octanol–water partition coefficient (Wildman–Crippen LogP) is 3.01. The van der Waals surface area contributed by atoms with E-state index in [-0.39, 0.29) is 11.7 Å². The quantitative estimate of drug-likeness (QED) is 0.759. The first kappa shape index (κ1) is 20.1. The summed E-state index contributed by atoms with van der Waals surface area (Å²) < 4.78 is 27.0. The SMILES string of the molecule is Cc1cc(C)cc(C2(C(=O)N3CCN(S(=O)(=O)Cc4ccccc4)CC3)CC2)c1. The molecule has 0 atom stereocenters. The molecule has 29 heavy (non-hydrogen) atoms. The van der Waals surface area contributed by atoms with E-state index < -0.39 is 15.4 Å². The van der Waals surface area contributed by atoms with E-state index in [0.29, 0.717) is 26.2 Å². The van der Waals surface area contributed by atoms with Crippen molar-refractivity contribution in [2.24, 2.45) is 0 Å². The molecular formula is C23H28N2O3S. The number of amides is 1. The number of benzene rings is 2. The van der Waals surface area contributed by atoms with E-state index >= 15 is 0 Å². The van der Waals surface area contributed by atoms with Gasteiger partial charge < -0.3 is 4.90 Å². The molecule has 1 amide bonds. The molecule has 6 heteroatoms. The van der Waals surface area contributed by atoms with Crippen molar-refractivity contribution in [3.63, 3.8) is 0 Å². The van der Waals surface area contributed by atoms with Crippen molar-refractivity contribution in [1.29, 1.82) is 0 Å². The van der Waals surface area contributed by atoms with Crippen molar-refractivity contribution in [2.75, 3.05) is 26.2 Å². The number of carbonyl (C=O) groups is 1. The summed E-state index contributed by atoms with van der Waals surface area (Å²) in [7, 11) is -3.37. The number of carbonyl (C=O) groups excluding carboxylic acids is 1. The first-order valence-corrected chi connectivity index (χ1v) is 11.8. The minimum atomic E-state index is -3.37. The molecule has 0 unspecified atom stereocenters. The summed E-state index contributed by atoms with van der Waals surface area (Å²) in [5.74, 6) is 0.163. The van der Waals surface area contributed by atoms with Gasteiger partial charge in [0, 0.05) is 26.2 Å². The van der Waals surface area contributed by atoms with E-state index in [1.165, 1.54) is 15.4 Å². The number of hydrogen-bond acceptors (Lipinski definition) is 3. The molecule has 2 fully saturated rings. The monoisotopic (exact) mass is 412 g/mol. The van der Waals surface area contributed by atoms with Crippen LogP contribution in [0.3, 0.4) is 0 Å². The van der Waals surface area contributed by atoms with Crippen LogP contribution in [-0.4, -0.2) is 49.7 Å². The van der Waals surface area contributed by atoms with Gasteiger partial charge in [-0.25, -0.2) is 8.42 Å². The van der Waals surface area contributed by atoms with Gasteiger partial charge in [0.05, 0.1) is 11.2 Å². The molecule has 1 aliphatic carbocycles. The van der Waals surface area contributed by atoms with Gasteiger partial charge in [-0.15, -0.1) is 0 Å². The molecule has 1 saturated carbocycles. The van der Waals surface area contributed by atoms with E-state index in [1.807, 2.05) is 35.2 Å². The van der Waals surface area contributed by atoms with E-state index in [4.69, 9.17) is 0 Å². The highest BCUT2D eigenvalue weighted by molar-refractivity contribution is 7.88. The third-order valence-electron chi connectivity index (χ3n) is 6.04. The van der Waals surface area contributed by atoms with E-state index in [1.54, 1.807) is 0 Å². The normalized spacial score (nSPS) is 19.2. The minimum Gasteiger partial charge on any atom is -0.339 e. The van der Waals surface area contributed by atoms with Crippen molar-refractivity contribution in [2.45, 2.75) is 37.9 Å². The standard InChI is InChI=1S/C23H28N2O3S/c1-18-14-19(2)16-21(15-18)23(8-9-23)22(26)24-10-12-25(13-11-24)29(27,28)17-20-6-4-3-5-7-20/h3-7,14-16H,8-13,17H2,1-2H3. The Balaban J connectivity index is 1.42. The van der Waals surface area contributed by atoms with Crippen molar-refractivity contribution in [3.05, 3.63) is 70.8 Å². The minimum absolute atomic E-state index is 0.00823. The van der Waals surface area contributed by atoms with Gasteiger partial charge in [0.1, 0.15) is 0 Å². The summed E-state index contributed by atoms with van der Waals surface area (Å²) in [4.78, 5) is 15.2. The van der Waals surface area contributed by atoms with Crippen LogP contribution in [0.1, 0.15) is 35.1 Å². The second kappa shape index (κ2) is 7.58. The van der Waals surface area contributed by atoms with Gasteiger partial charge in [-0.05, 0) is 37.8 Å². The van der Waals surface area contributed by atoms with Gasteiger partial charge >= 0.3 is 0 Å². The summed E-state index contributed by atoms with van der Waals surface area (Å²) >= 11 is 0. The Morgan fingerprint density at radius 1 is 0.931 bits per heavy atom. The molecule has 2 aromatic rings. The van der Waals surface area contributed by atoms with Crippen LogP contribution in [0, 0.1) is 13.8 Å². The summed E-state index contributed by atoms with van der Waals surface area (Å²) in [5.41, 5.74) is 3.85. The Hall–Kier alpha value is -2.18. The summed E-state index contributed by atoms with van der Waals surface area (Å²) in [6, 6.07) is 15.6. The number of aryl methyl sites for hydroxylation is 2. The van der Waals surface area contributed by atoms with Crippen LogP contribution < -0.4 is 0 Å². The number of sulfonamides is 1. The fourth-order valence-corrected chi connectivity index (χ4v) is 5.87. The fraction of sp³-hybridized carbons (Fsp3) is 0.435. The van der Waals surface area contributed by atoms with Crippen molar-refractivity contribution in [1.82, 2.24) is 9.21 Å². The molecule has 1 aliphatic heterocycles. The highest BCUT2D eigenvalue weighted by Gasteiger charge is 2.53. The van der Waals surface area contributed by atoms with Crippen LogP contribution in [-0.2, 0) is 26.0 Å². The van der Waals surface area contributed by atoms with Gasteiger partial charge in [-0.3, -0.25) is 4.79 Å². The number of nitrogens with zero attached hydrogens (tertiary/aromatic N) is 2. The average Bonchev–Trinajstić information content (AvgIpc) is 3.49. The van der Waals surface area contributed by atoms with E-state index in [9.17, 15) is 13.2 Å². The molecule has 1 heterocycles. The second-order valence-electron chi connectivity index (χ2n) is 8.39. The second-order valence-corrected chi connectivity index (χ2v) is 10.4. The van der Waals surface area contributed by atoms with Crippen molar-refractivity contribution >= 4 is 15.9 Å². The Labute approximate surface area is 173 Å². The zero-order valence-electron chi connectivity index (χ0n) is 17.1. The van der Waals surface area contributed by atoms with Crippen LogP contribution in [0.25, 0.3) is 0 Å². The highest BCUT2D eigenvalue weighted by atomic mass is 32.2. The maximum atomic E-state index is 13.3. The summed E-state index contributed by atoms with van der Waals surface area (Å²) in [6.07, 6.45) is 1.75. The van der Waals surface area contributed by atoms with E-state index in [2.05, 4.69) is 32.0 Å². The fourth-order valence-electron chi connectivity index (χ4n) is 4.35. The molecule has 2 aliphatic rings. The molecule has 0 radical (unpaired) electrons. The molecule has 0 bridgehead atoms. The summed E-state index contributed by atoms with van der Waals surface area (Å²) in [6.45, 7) is 5.77. The van der Waals surface area contributed by atoms with Crippen LogP contribution in [0.5, 0.6) is 0 Å². The average molecular weight is 413 g/mol. The van der Waals surface area contributed by atoms with Gasteiger partial charge in [-0.1, -0.05) is 59.7 Å². The van der Waals surface area contributed by atoms with E-state index in [0.717, 1.165) is 24.0 Å². The molecule has 0 N–H and O–H groups in total. The first-order chi connectivity index (χ1) is 13.8. The predicted molar refractivity (Wildman–Crippen MR) is 114 cm³/mol. The first-order valence-electron chi connectivity index (χ1n) is 10.2. The Kier molecular flexibility index (Phi) is 5.25. The Bertz CT molecular complexity index is 985. The lowest BCUT2D eigenvalue weighted by atomic mass is 9.91. The molecule has 5 nitrogen and oxygen atoms in total. The third-order valence-corrected chi connectivity index (χ3v) is 7.89. The van der Waals surface area contributed by atoms with Crippen LogP contribution in [0.4, 0.5) is 0 Å². The summed E-state index contributed by atoms with van der Waals surface area (Å²) in [5, 5.41) is 0. The number of hydrogen-bond donors (Lipinski definition) is 0. The van der Waals surface area contributed by atoms with Crippen molar-refractivity contribution in [3.8, 4) is 0 Å². The maximum Gasteiger partial charge on any atom is 0.233 e. The third kappa shape index (κ3) is 4.09. The van der Waals surface area contributed by atoms with Gasteiger partial charge in [0.2, 0.25) is 15.9 Å². The lowest BCUT2D eigenvalue weighted by Crippen LogP contribution is -2.53. The van der Waals surface area contributed by atoms with Crippen molar-refractivity contribution < 1.29 is 13.2 Å². The Morgan fingerprint density at radius 3 is 2.07 bits per heavy atom. The van der Waals surface area contributed by atoms with Gasteiger partial charge in [-0.2, -0.15) is 4.31 Å².